The van der Waals surface area contributed by atoms with Crippen LogP contribution in [0.5, 0.6) is 0 Å². The Morgan fingerprint density at radius 2 is 2.28 bits per heavy atom. The lowest BCUT2D eigenvalue weighted by atomic mass is 10.2. The third kappa shape index (κ3) is 3.18. The van der Waals surface area contributed by atoms with Crippen LogP contribution in [0.25, 0.3) is 0 Å². The molecule has 2 rings (SSSR count). The van der Waals surface area contributed by atoms with Gasteiger partial charge in [0.15, 0.2) is 0 Å². The fourth-order valence-electron chi connectivity index (χ4n) is 1.36. The van der Waals surface area contributed by atoms with E-state index in [9.17, 15) is 4.39 Å². The first kappa shape index (κ1) is 13.3. The second-order valence-electron chi connectivity index (χ2n) is 3.50. The Balaban J connectivity index is 2.06. The zero-order valence-electron chi connectivity index (χ0n) is 9.38. The Hall–Kier alpha value is -1.18. The maximum Gasteiger partial charge on any atom is 0.209 e. The average Bonchev–Trinajstić information content (AvgIpc) is 2.78. The number of rotatable bonds is 5. The van der Waals surface area contributed by atoms with E-state index in [1.54, 1.807) is 10.7 Å². The van der Waals surface area contributed by atoms with Crippen LogP contribution >= 0.6 is 23.4 Å². The third-order valence-electron chi connectivity index (χ3n) is 2.20. The standard InChI is InChI=1S/C10H11ClFN5S/c11-8-1-2-9(12)7(5-8)6-18-10-14-15-16-17(10)4-3-13/h1-2,5H,3-4,6,13H2. The second-order valence-corrected chi connectivity index (χ2v) is 4.88. The zero-order valence-corrected chi connectivity index (χ0v) is 11.0. The molecule has 1 aromatic heterocycles. The van der Waals surface area contributed by atoms with Crippen molar-refractivity contribution in [1.82, 2.24) is 20.2 Å². The van der Waals surface area contributed by atoms with Crippen molar-refractivity contribution in [2.75, 3.05) is 6.54 Å². The lowest BCUT2D eigenvalue weighted by Crippen LogP contribution is -2.12. The summed E-state index contributed by atoms with van der Waals surface area (Å²) in [5.41, 5.74) is 5.96. The fourth-order valence-corrected chi connectivity index (χ4v) is 2.43. The molecule has 96 valence electrons. The minimum absolute atomic E-state index is 0.287. The van der Waals surface area contributed by atoms with E-state index >= 15 is 0 Å². The van der Waals surface area contributed by atoms with Crippen molar-refractivity contribution in [3.63, 3.8) is 0 Å². The summed E-state index contributed by atoms with van der Waals surface area (Å²) in [6.45, 7) is 0.984. The number of halogens is 2. The summed E-state index contributed by atoms with van der Waals surface area (Å²) >= 11 is 7.16. The van der Waals surface area contributed by atoms with Crippen molar-refractivity contribution in [2.24, 2.45) is 5.73 Å². The van der Waals surface area contributed by atoms with Crippen molar-refractivity contribution in [2.45, 2.75) is 17.5 Å². The molecule has 0 saturated heterocycles. The first-order chi connectivity index (χ1) is 8.70. The first-order valence-corrected chi connectivity index (χ1v) is 6.60. The molecule has 0 spiro atoms. The molecular formula is C10H11ClFN5S. The van der Waals surface area contributed by atoms with Gasteiger partial charge in [0.25, 0.3) is 0 Å². The van der Waals surface area contributed by atoms with Gasteiger partial charge in [-0.15, -0.1) is 5.10 Å². The summed E-state index contributed by atoms with van der Waals surface area (Å²) in [4.78, 5) is 0. The van der Waals surface area contributed by atoms with Gasteiger partial charge in [0.05, 0.1) is 6.54 Å². The maximum absolute atomic E-state index is 13.5. The van der Waals surface area contributed by atoms with Crippen molar-refractivity contribution < 1.29 is 4.39 Å². The number of thioether (sulfide) groups is 1. The average molecular weight is 288 g/mol. The van der Waals surface area contributed by atoms with Crippen LogP contribution < -0.4 is 5.73 Å². The van der Waals surface area contributed by atoms with Gasteiger partial charge >= 0.3 is 0 Å². The molecule has 0 aliphatic heterocycles. The molecule has 0 bridgehead atoms. The van der Waals surface area contributed by atoms with Crippen LogP contribution in [0.15, 0.2) is 23.4 Å². The zero-order chi connectivity index (χ0) is 13.0. The number of benzene rings is 1. The molecule has 0 atom stereocenters. The molecule has 0 unspecified atom stereocenters. The summed E-state index contributed by atoms with van der Waals surface area (Å²) in [6.07, 6.45) is 0. The Kier molecular flexibility index (Phi) is 4.51. The third-order valence-corrected chi connectivity index (χ3v) is 3.45. The van der Waals surface area contributed by atoms with Gasteiger partial charge in [-0.2, -0.15) is 0 Å². The minimum Gasteiger partial charge on any atom is -0.329 e. The lowest BCUT2D eigenvalue weighted by Gasteiger charge is -2.04. The summed E-state index contributed by atoms with van der Waals surface area (Å²) in [6, 6.07) is 4.46. The predicted molar refractivity (Wildman–Crippen MR) is 67.8 cm³/mol. The normalized spacial score (nSPS) is 10.8. The number of nitrogens with zero attached hydrogens (tertiary/aromatic N) is 4. The van der Waals surface area contributed by atoms with Crippen molar-refractivity contribution >= 4 is 23.4 Å². The van der Waals surface area contributed by atoms with Gasteiger partial charge in [0.2, 0.25) is 5.16 Å². The van der Waals surface area contributed by atoms with Crippen LogP contribution in [0.3, 0.4) is 0 Å². The fraction of sp³-hybridized carbons (Fsp3) is 0.300. The molecular weight excluding hydrogens is 277 g/mol. The van der Waals surface area contributed by atoms with Crippen LogP contribution in [-0.4, -0.2) is 26.8 Å². The highest BCUT2D eigenvalue weighted by Gasteiger charge is 2.09. The van der Waals surface area contributed by atoms with Crippen LogP contribution in [0, 0.1) is 5.82 Å². The molecule has 0 aliphatic rings. The molecule has 0 radical (unpaired) electrons. The SMILES string of the molecule is NCCn1nnnc1SCc1cc(Cl)ccc1F. The summed E-state index contributed by atoms with van der Waals surface area (Å²) < 4.78 is 15.1. The molecule has 0 fully saturated rings. The number of tetrazole rings is 1. The van der Waals surface area contributed by atoms with Gasteiger partial charge in [-0.25, -0.2) is 9.07 Å². The molecule has 2 N–H and O–H groups in total. The Bertz CT molecular complexity index is 533. The van der Waals surface area contributed by atoms with E-state index < -0.39 is 0 Å². The quantitative estimate of drug-likeness (QED) is 0.848. The maximum atomic E-state index is 13.5. The van der Waals surface area contributed by atoms with Gasteiger partial charge in [-0.05, 0) is 34.2 Å². The van der Waals surface area contributed by atoms with Crippen molar-refractivity contribution in [3.05, 3.63) is 34.6 Å². The number of nitrogens with two attached hydrogens (primary N) is 1. The Morgan fingerprint density at radius 3 is 3.06 bits per heavy atom. The monoisotopic (exact) mass is 287 g/mol. The van der Waals surface area contributed by atoms with Crippen LogP contribution in [0.1, 0.15) is 5.56 Å². The molecule has 18 heavy (non-hydrogen) atoms. The second kappa shape index (κ2) is 6.12. The highest BCUT2D eigenvalue weighted by atomic mass is 35.5. The number of hydrogen-bond acceptors (Lipinski definition) is 5. The van der Waals surface area contributed by atoms with E-state index in [-0.39, 0.29) is 5.82 Å². The molecule has 8 heteroatoms. The first-order valence-electron chi connectivity index (χ1n) is 5.23. The van der Waals surface area contributed by atoms with Gasteiger partial charge in [-0.1, -0.05) is 23.4 Å². The van der Waals surface area contributed by atoms with Crippen LogP contribution in [0.2, 0.25) is 5.02 Å². The topological polar surface area (TPSA) is 69.6 Å². The largest absolute Gasteiger partial charge is 0.329 e. The molecule has 1 aromatic carbocycles. The van der Waals surface area contributed by atoms with Gasteiger partial charge in [0, 0.05) is 17.3 Å². The highest BCUT2D eigenvalue weighted by molar-refractivity contribution is 7.98. The lowest BCUT2D eigenvalue weighted by molar-refractivity contribution is 0.556. The van der Waals surface area contributed by atoms with E-state index in [1.807, 2.05) is 0 Å². The number of hydrogen-bond donors (Lipinski definition) is 1. The van der Waals surface area contributed by atoms with E-state index in [0.29, 0.717) is 34.6 Å². The molecule has 5 nitrogen and oxygen atoms in total. The van der Waals surface area contributed by atoms with E-state index in [2.05, 4.69) is 15.5 Å². The number of aromatic nitrogens is 4. The van der Waals surface area contributed by atoms with E-state index in [0.717, 1.165) is 0 Å². The smallest absolute Gasteiger partial charge is 0.209 e. The van der Waals surface area contributed by atoms with Crippen molar-refractivity contribution in [1.29, 1.82) is 0 Å². The Morgan fingerprint density at radius 1 is 1.44 bits per heavy atom. The minimum atomic E-state index is -0.287. The van der Waals surface area contributed by atoms with Gasteiger partial charge in [0.1, 0.15) is 5.82 Å². The van der Waals surface area contributed by atoms with Gasteiger partial charge < -0.3 is 5.73 Å². The molecule has 1 heterocycles. The highest BCUT2D eigenvalue weighted by Crippen LogP contribution is 2.23. The van der Waals surface area contributed by atoms with E-state index in [1.165, 1.54) is 23.9 Å². The van der Waals surface area contributed by atoms with E-state index in [4.69, 9.17) is 17.3 Å². The van der Waals surface area contributed by atoms with Gasteiger partial charge in [-0.3, -0.25) is 0 Å². The van der Waals surface area contributed by atoms with Crippen LogP contribution in [0.4, 0.5) is 4.39 Å². The van der Waals surface area contributed by atoms with Crippen LogP contribution in [-0.2, 0) is 12.3 Å². The molecule has 0 saturated carbocycles. The Labute approximate surface area is 112 Å². The molecule has 0 amide bonds. The predicted octanol–water partition coefficient (Wildman–Crippen LogP) is 1.72. The molecule has 0 aliphatic carbocycles. The summed E-state index contributed by atoms with van der Waals surface area (Å²) in [5, 5.41) is 12.3. The molecule has 2 aromatic rings. The summed E-state index contributed by atoms with van der Waals surface area (Å²) in [7, 11) is 0. The summed E-state index contributed by atoms with van der Waals surface area (Å²) in [5.74, 6) is 0.127. The van der Waals surface area contributed by atoms with Crippen molar-refractivity contribution in [3.8, 4) is 0 Å².